The van der Waals surface area contributed by atoms with Gasteiger partial charge in [0.15, 0.2) is 0 Å². The number of hydrogen-bond donors (Lipinski definition) is 2. The molecule has 0 bridgehead atoms. The number of aromatic amines is 1. The predicted octanol–water partition coefficient (Wildman–Crippen LogP) is 3.46. The van der Waals surface area contributed by atoms with Gasteiger partial charge in [-0.05, 0) is 47.7 Å². The van der Waals surface area contributed by atoms with Crippen LogP contribution in [0, 0.1) is 11.7 Å². The quantitative estimate of drug-likeness (QED) is 0.513. The van der Waals surface area contributed by atoms with Crippen LogP contribution in [0.15, 0.2) is 59.5 Å². The van der Waals surface area contributed by atoms with Crippen molar-refractivity contribution in [2.75, 3.05) is 13.1 Å². The van der Waals surface area contributed by atoms with Gasteiger partial charge in [0.05, 0.1) is 11.2 Å². The molecular weight excluding hydrogens is 413 g/mol. The van der Waals surface area contributed by atoms with E-state index in [1.807, 2.05) is 30.3 Å². The molecule has 5 rings (SSSR count). The minimum atomic E-state index is -0.961. The largest absolute Gasteiger partial charge is 0.465 e. The Hall–Kier alpha value is -4.01. The van der Waals surface area contributed by atoms with Crippen LogP contribution in [-0.2, 0) is 6.42 Å². The van der Waals surface area contributed by atoms with E-state index in [1.54, 1.807) is 18.3 Å². The number of rotatable bonds is 4. The number of H-pyrrole nitrogens is 1. The van der Waals surface area contributed by atoms with E-state index in [-0.39, 0.29) is 11.6 Å². The first kappa shape index (κ1) is 19.9. The van der Waals surface area contributed by atoms with Crippen LogP contribution in [-0.4, -0.2) is 48.9 Å². The second-order valence-electron chi connectivity index (χ2n) is 7.94. The topological polar surface area (TPSA) is 104 Å². The Kier molecular flexibility index (Phi) is 4.93. The van der Waals surface area contributed by atoms with Gasteiger partial charge in [0, 0.05) is 31.1 Å². The summed E-state index contributed by atoms with van der Waals surface area (Å²) in [5, 5.41) is 16.6. The van der Waals surface area contributed by atoms with Crippen molar-refractivity contribution in [3.05, 3.63) is 76.9 Å². The number of carbonyl (C=O) groups is 1. The van der Waals surface area contributed by atoms with Crippen LogP contribution in [0.25, 0.3) is 27.7 Å². The van der Waals surface area contributed by atoms with Crippen molar-refractivity contribution in [3.63, 3.8) is 0 Å². The molecule has 9 heteroatoms. The standard InChI is InChI=1S/C23H20FN5O3/c24-18-11-16(17-4-3-15-2-1-8-25-19(15)12-17)5-6-20(18)29-21(26-27-22(29)30)10-14-7-9-28(13-14)23(31)32/h1-6,8,11-12,14H,7,9-10,13H2,(H,27,30)(H,31,32)/t14-/m0/s1. The molecule has 2 aromatic heterocycles. The van der Waals surface area contributed by atoms with E-state index in [9.17, 15) is 9.59 Å². The zero-order valence-corrected chi connectivity index (χ0v) is 17.0. The monoisotopic (exact) mass is 433 g/mol. The number of nitrogens with one attached hydrogen (secondary N) is 1. The van der Waals surface area contributed by atoms with Crippen molar-refractivity contribution in [2.45, 2.75) is 12.8 Å². The van der Waals surface area contributed by atoms with Gasteiger partial charge in [-0.15, -0.1) is 0 Å². The zero-order valence-electron chi connectivity index (χ0n) is 17.0. The summed E-state index contributed by atoms with van der Waals surface area (Å²) in [4.78, 5) is 29.2. The average molecular weight is 433 g/mol. The van der Waals surface area contributed by atoms with Gasteiger partial charge in [-0.3, -0.25) is 4.98 Å². The van der Waals surface area contributed by atoms with Gasteiger partial charge in [-0.25, -0.2) is 23.6 Å². The average Bonchev–Trinajstić information content (AvgIpc) is 3.41. The second-order valence-corrected chi connectivity index (χ2v) is 7.94. The molecule has 0 aliphatic carbocycles. The van der Waals surface area contributed by atoms with Crippen LogP contribution >= 0.6 is 0 Å². The highest BCUT2D eigenvalue weighted by atomic mass is 19.1. The van der Waals surface area contributed by atoms with Gasteiger partial charge >= 0.3 is 11.8 Å². The summed E-state index contributed by atoms with van der Waals surface area (Å²) in [5.74, 6) is -0.145. The Bertz CT molecular complexity index is 1380. The van der Waals surface area contributed by atoms with Crippen LogP contribution in [0.1, 0.15) is 12.2 Å². The molecule has 0 radical (unpaired) electrons. The third-order valence-electron chi connectivity index (χ3n) is 5.90. The van der Waals surface area contributed by atoms with Gasteiger partial charge in [0.2, 0.25) is 0 Å². The number of amides is 1. The fraction of sp³-hybridized carbons (Fsp3) is 0.217. The summed E-state index contributed by atoms with van der Waals surface area (Å²) < 4.78 is 16.4. The normalized spacial score (nSPS) is 16.0. The molecule has 1 aliphatic heterocycles. The number of fused-ring (bicyclic) bond motifs is 1. The number of halogens is 1. The van der Waals surface area contributed by atoms with E-state index in [4.69, 9.17) is 5.11 Å². The Morgan fingerprint density at radius 1 is 1.19 bits per heavy atom. The van der Waals surface area contributed by atoms with Crippen molar-refractivity contribution in [2.24, 2.45) is 5.92 Å². The lowest BCUT2D eigenvalue weighted by Crippen LogP contribution is -2.27. The Labute approximate surface area is 182 Å². The van der Waals surface area contributed by atoms with Crippen molar-refractivity contribution < 1.29 is 14.3 Å². The van der Waals surface area contributed by atoms with Crippen LogP contribution in [0.3, 0.4) is 0 Å². The molecule has 3 heterocycles. The molecule has 2 N–H and O–H groups in total. The van der Waals surface area contributed by atoms with Crippen molar-refractivity contribution in [1.82, 2.24) is 24.6 Å². The number of likely N-dealkylation sites (tertiary alicyclic amines) is 1. The molecule has 162 valence electrons. The van der Waals surface area contributed by atoms with E-state index >= 15 is 4.39 Å². The van der Waals surface area contributed by atoms with Gasteiger partial charge in [-0.1, -0.05) is 24.3 Å². The third-order valence-corrected chi connectivity index (χ3v) is 5.90. The van der Waals surface area contributed by atoms with E-state index in [1.165, 1.54) is 15.5 Å². The summed E-state index contributed by atoms with van der Waals surface area (Å²) in [6.45, 7) is 0.812. The molecule has 1 amide bonds. The van der Waals surface area contributed by atoms with E-state index in [0.717, 1.165) is 16.5 Å². The maximum absolute atomic E-state index is 15.2. The first-order valence-electron chi connectivity index (χ1n) is 10.3. The highest BCUT2D eigenvalue weighted by Crippen LogP contribution is 2.27. The van der Waals surface area contributed by atoms with Crippen LogP contribution in [0.2, 0.25) is 0 Å². The fourth-order valence-corrected chi connectivity index (χ4v) is 4.26. The number of nitrogens with zero attached hydrogens (tertiary/aromatic N) is 4. The first-order chi connectivity index (χ1) is 15.5. The fourth-order valence-electron chi connectivity index (χ4n) is 4.26. The molecule has 4 aromatic rings. The summed E-state index contributed by atoms with van der Waals surface area (Å²) in [6, 6.07) is 14.3. The van der Waals surface area contributed by atoms with E-state index in [0.29, 0.717) is 37.3 Å². The Morgan fingerprint density at radius 3 is 2.78 bits per heavy atom. The van der Waals surface area contributed by atoms with Crippen molar-refractivity contribution in [1.29, 1.82) is 0 Å². The highest BCUT2D eigenvalue weighted by Gasteiger charge is 2.28. The number of carboxylic acid groups (broad SMARTS) is 1. The lowest BCUT2D eigenvalue weighted by molar-refractivity contribution is 0.154. The van der Waals surface area contributed by atoms with Gasteiger partial charge in [0.25, 0.3) is 0 Å². The minimum Gasteiger partial charge on any atom is -0.465 e. The Balaban J connectivity index is 1.45. The van der Waals surface area contributed by atoms with Gasteiger partial charge in [0.1, 0.15) is 11.6 Å². The van der Waals surface area contributed by atoms with Crippen LogP contribution < -0.4 is 5.69 Å². The second kappa shape index (κ2) is 7.92. The van der Waals surface area contributed by atoms with Crippen LogP contribution in [0.5, 0.6) is 0 Å². The number of aromatic nitrogens is 4. The minimum absolute atomic E-state index is 0.0208. The summed E-state index contributed by atoms with van der Waals surface area (Å²) in [5.41, 5.74) is 1.88. The Morgan fingerprint density at radius 2 is 2.00 bits per heavy atom. The lowest BCUT2D eigenvalue weighted by atomic mass is 10.0. The van der Waals surface area contributed by atoms with E-state index in [2.05, 4.69) is 15.2 Å². The van der Waals surface area contributed by atoms with Crippen LogP contribution in [0.4, 0.5) is 9.18 Å². The number of hydrogen-bond acceptors (Lipinski definition) is 4. The molecule has 8 nitrogen and oxygen atoms in total. The molecule has 1 saturated heterocycles. The number of benzene rings is 2. The van der Waals surface area contributed by atoms with Crippen molar-refractivity contribution in [3.8, 4) is 16.8 Å². The zero-order chi connectivity index (χ0) is 22.2. The molecule has 32 heavy (non-hydrogen) atoms. The summed E-state index contributed by atoms with van der Waals surface area (Å²) in [6.07, 6.45) is 1.80. The molecular formula is C23H20FN5O3. The summed E-state index contributed by atoms with van der Waals surface area (Å²) in [7, 11) is 0. The number of pyridine rings is 1. The lowest BCUT2D eigenvalue weighted by Gasteiger charge is -2.13. The molecule has 0 spiro atoms. The third kappa shape index (κ3) is 3.62. The molecule has 1 atom stereocenters. The maximum Gasteiger partial charge on any atom is 0.407 e. The molecule has 0 unspecified atom stereocenters. The smallest absolute Gasteiger partial charge is 0.407 e. The maximum atomic E-state index is 15.2. The molecule has 1 aliphatic rings. The highest BCUT2D eigenvalue weighted by molar-refractivity contribution is 5.84. The predicted molar refractivity (Wildman–Crippen MR) is 116 cm³/mol. The molecule has 1 fully saturated rings. The first-order valence-corrected chi connectivity index (χ1v) is 10.3. The SMILES string of the molecule is O=C(O)N1CC[C@@H](Cc2n[nH]c(=O)n2-c2ccc(-c3ccc4cccnc4c3)cc2F)C1. The van der Waals surface area contributed by atoms with Gasteiger partial charge in [-0.2, -0.15) is 5.10 Å². The van der Waals surface area contributed by atoms with Crippen molar-refractivity contribution >= 4 is 17.0 Å². The van der Waals surface area contributed by atoms with Gasteiger partial charge < -0.3 is 10.0 Å². The van der Waals surface area contributed by atoms with E-state index < -0.39 is 17.6 Å². The summed E-state index contributed by atoms with van der Waals surface area (Å²) >= 11 is 0. The molecule has 0 saturated carbocycles. The molecule has 2 aromatic carbocycles.